The minimum Gasteiger partial charge on any atom is -0.444 e. The summed E-state index contributed by atoms with van der Waals surface area (Å²) in [5.74, 6) is 0.629. The molecule has 1 fully saturated rings. The Labute approximate surface area is 164 Å². The number of amides is 1. The van der Waals surface area contributed by atoms with Gasteiger partial charge in [0.15, 0.2) is 0 Å². The first-order chi connectivity index (χ1) is 12.6. The molecule has 0 aromatic heterocycles. The predicted molar refractivity (Wildman–Crippen MR) is 113 cm³/mol. The molecule has 1 aromatic rings. The molecule has 0 unspecified atom stereocenters. The van der Waals surface area contributed by atoms with Crippen LogP contribution in [0.25, 0.3) is 6.08 Å². The van der Waals surface area contributed by atoms with E-state index < -0.39 is 5.60 Å². The number of hydrogen-bond donors (Lipinski definition) is 2. The smallest absolute Gasteiger partial charge is 0.407 e. The molecule has 4 heteroatoms. The molecule has 2 atom stereocenters. The molecule has 0 spiro atoms. The fraction of sp³-hybridized carbons (Fsp3) is 0.609. The van der Waals surface area contributed by atoms with Gasteiger partial charge in [0.2, 0.25) is 0 Å². The summed E-state index contributed by atoms with van der Waals surface area (Å²) < 4.78 is 5.31. The molecule has 0 radical (unpaired) electrons. The molecule has 0 bridgehead atoms. The average Bonchev–Trinajstić information content (AvgIpc) is 3.35. The van der Waals surface area contributed by atoms with Crippen molar-refractivity contribution < 1.29 is 9.53 Å². The standard InChI is InChI=1S/C23H36N2O2/c1-7-18(13-17-11-9-8-10-12-17)19-14-20(19)24-15-23(5,6)16-25-21(26)27-22(2,3)4/h8-13,19-20,24H,7,14-16H2,1-6H3,(H,25,26)/b18-13+/t19-,20+/m0/s1. The monoisotopic (exact) mass is 372 g/mol. The van der Waals surface area contributed by atoms with Crippen molar-refractivity contribution in [2.75, 3.05) is 13.1 Å². The fourth-order valence-corrected chi connectivity index (χ4v) is 3.16. The molecule has 0 saturated heterocycles. The van der Waals surface area contributed by atoms with Gasteiger partial charge in [0.25, 0.3) is 0 Å². The van der Waals surface area contributed by atoms with Gasteiger partial charge >= 0.3 is 6.09 Å². The molecular formula is C23H36N2O2. The number of nitrogens with one attached hydrogen (secondary N) is 2. The van der Waals surface area contributed by atoms with Crippen molar-refractivity contribution in [3.05, 3.63) is 41.5 Å². The number of rotatable bonds is 8. The van der Waals surface area contributed by atoms with Crippen LogP contribution in [0.15, 0.2) is 35.9 Å². The van der Waals surface area contributed by atoms with Gasteiger partial charge in [-0.1, -0.05) is 62.8 Å². The SMILES string of the molecule is CC/C(=C\c1ccccc1)[C@@H]1C[C@H]1NCC(C)(C)CNC(=O)OC(C)(C)C. The van der Waals surface area contributed by atoms with E-state index in [2.05, 4.69) is 67.8 Å². The maximum absolute atomic E-state index is 11.8. The van der Waals surface area contributed by atoms with Gasteiger partial charge in [0.05, 0.1) is 0 Å². The molecule has 0 heterocycles. The Balaban J connectivity index is 1.78. The molecule has 1 aliphatic rings. The Morgan fingerprint density at radius 3 is 2.41 bits per heavy atom. The van der Waals surface area contributed by atoms with E-state index in [9.17, 15) is 4.79 Å². The van der Waals surface area contributed by atoms with E-state index in [1.807, 2.05) is 20.8 Å². The van der Waals surface area contributed by atoms with Crippen molar-refractivity contribution in [2.24, 2.45) is 11.3 Å². The van der Waals surface area contributed by atoms with Gasteiger partial charge in [-0.15, -0.1) is 0 Å². The van der Waals surface area contributed by atoms with Crippen LogP contribution >= 0.6 is 0 Å². The number of carbonyl (C=O) groups excluding carboxylic acids is 1. The van der Waals surface area contributed by atoms with Gasteiger partial charge in [0.1, 0.15) is 5.60 Å². The summed E-state index contributed by atoms with van der Waals surface area (Å²) >= 11 is 0. The van der Waals surface area contributed by atoms with Crippen molar-refractivity contribution in [3.8, 4) is 0 Å². The highest BCUT2D eigenvalue weighted by Crippen LogP contribution is 2.40. The summed E-state index contributed by atoms with van der Waals surface area (Å²) in [6.07, 6.45) is 4.27. The van der Waals surface area contributed by atoms with Gasteiger partial charge in [0, 0.05) is 19.1 Å². The number of ether oxygens (including phenoxy) is 1. The van der Waals surface area contributed by atoms with Crippen molar-refractivity contribution in [1.29, 1.82) is 0 Å². The fourth-order valence-electron chi connectivity index (χ4n) is 3.16. The third kappa shape index (κ3) is 7.76. The second-order valence-electron chi connectivity index (χ2n) is 9.33. The number of alkyl carbamates (subject to hydrolysis) is 1. The van der Waals surface area contributed by atoms with Crippen LogP contribution in [0.2, 0.25) is 0 Å². The van der Waals surface area contributed by atoms with E-state index in [-0.39, 0.29) is 11.5 Å². The van der Waals surface area contributed by atoms with Crippen LogP contribution in [-0.2, 0) is 4.74 Å². The molecule has 2 N–H and O–H groups in total. The first kappa shape index (κ1) is 21.5. The number of benzene rings is 1. The average molecular weight is 373 g/mol. The lowest BCUT2D eigenvalue weighted by Crippen LogP contribution is -2.42. The van der Waals surface area contributed by atoms with Crippen LogP contribution in [0.3, 0.4) is 0 Å². The molecule has 1 amide bonds. The lowest BCUT2D eigenvalue weighted by atomic mass is 9.93. The first-order valence-corrected chi connectivity index (χ1v) is 10.1. The summed E-state index contributed by atoms with van der Waals surface area (Å²) in [4.78, 5) is 11.8. The lowest BCUT2D eigenvalue weighted by molar-refractivity contribution is 0.0506. The summed E-state index contributed by atoms with van der Waals surface area (Å²) in [5.41, 5.74) is 2.31. The van der Waals surface area contributed by atoms with Gasteiger partial charge in [-0.2, -0.15) is 0 Å². The molecule has 27 heavy (non-hydrogen) atoms. The quantitative estimate of drug-likeness (QED) is 0.674. The van der Waals surface area contributed by atoms with Crippen LogP contribution < -0.4 is 10.6 Å². The normalized spacial score (nSPS) is 20.3. The minimum atomic E-state index is -0.463. The highest BCUT2D eigenvalue weighted by atomic mass is 16.6. The minimum absolute atomic E-state index is 0.0282. The second kappa shape index (κ2) is 8.92. The van der Waals surface area contributed by atoms with Crippen LogP contribution in [0.5, 0.6) is 0 Å². The lowest BCUT2D eigenvalue weighted by Gasteiger charge is -2.27. The zero-order valence-electron chi connectivity index (χ0n) is 17.8. The third-order valence-corrected chi connectivity index (χ3v) is 4.78. The van der Waals surface area contributed by atoms with E-state index in [1.54, 1.807) is 0 Å². The summed E-state index contributed by atoms with van der Waals surface area (Å²) in [7, 11) is 0. The van der Waals surface area contributed by atoms with E-state index in [0.29, 0.717) is 18.5 Å². The van der Waals surface area contributed by atoms with Gasteiger partial charge in [-0.05, 0) is 50.5 Å². The zero-order valence-corrected chi connectivity index (χ0v) is 17.8. The Hall–Kier alpha value is -1.81. The van der Waals surface area contributed by atoms with Crippen molar-refractivity contribution >= 4 is 12.2 Å². The Morgan fingerprint density at radius 2 is 1.81 bits per heavy atom. The molecule has 150 valence electrons. The largest absolute Gasteiger partial charge is 0.444 e. The maximum atomic E-state index is 11.8. The molecule has 0 aliphatic heterocycles. The van der Waals surface area contributed by atoms with Crippen LogP contribution in [-0.4, -0.2) is 30.8 Å². The maximum Gasteiger partial charge on any atom is 0.407 e. The van der Waals surface area contributed by atoms with Crippen LogP contribution in [0.4, 0.5) is 4.79 Å². The van der Waals surface area contributed by atoms with Crippen LogP contribution in [0.1, 0.15) is 59.9 Å². The second-order valence-corrected chi connectivity index (χ2v) is 9.33. The zero-order chi connectivity index (χ0) is 20.1. The van der Waals surface area contributed by atoms with E-state index in [1.165, 1.54) is 17.6 Å². The van der Waals surface area contributed by atoms with Crippen molar-refractivity contribution in [2.45, 2.75) is 66.0 Å². The number of carbonyl (C=O) groups is 1. The topological polar surface area (TPSA) is 50.4 Å². The van der Waals surface area contributed by atoms with Gasteiger partial charge < -0.3 is 15.4 Å². The highest BCUT2D eigenvalue weighted by Gasteiger charge is 2.39. The number of hydrogen-bond acceptors (Lipinski definition) is 3. The third-order valence-electron chi connectivity index (χ3n) is 4.78. The molecule has 1 saturated carbocycles. The van der Waals surface area contributed by atoms with Crippen molar-refractivity contribution in [3.63, 3.8) is 0 Å². The molecule has 4 nitrogen and oxygen atoms in total. The first-order valence-electron chi connectivity index (χ1n) is 10.1. The van der Waals surface area contributed by atoms with E-state index >= 15 is 0 Å². The van der Waals surface area contributed by atoms with E-state index in [0.717, 1.165) is 13.0 Å². The van der Waals surface area contributed by atoms with Crippen molar-refractivity contribution in [1.82, 2.24) is 10.6 Å². The molecule has 1 aliphatic carbocycles. The molecular weight excluding hydrogens is 336 g/mol. The Bertz CT molecular complexity index is 644. The highest BCUT2D eigenvalue weighted by molar-refractivity contribution is 5.67. The predicted octanol–water partition coefficient (Wildman–Crippen LogP) is 5.01. The van der Waals surface area contributed by atoms with Gasteiger partial charge in [-0.3, -0.25) is 0 Å². The van der Waals surface area contributed by atoms with Gasteiger partial charge in [-0.25, -0.2) is 4.79 Å². The Morgan fingerprint density at radius 1 is 1.15 bits per heavy atom. The Kier molecular flexibility index (Phi) is 7.10. The summed E-state index contributed by atoms with van der Waals surface area (Å²) in [6, 6.07) is 11.1. The van der Waals surface area contributed by atoms with Crippen LogP contribution in [0, 0.1) is 11.3 Å². The summed E-state index contributed by atoms with van der Waals surface area (Å²) in [6.45, 7) is 13.6. The summed E-state index contributed by atoms with van der Waals surface area (Å²) in [5, 5.41) is 6.58. The molecule has 1 aromatic carbocycles. The van der Waals surface area contributed by atoms with E-state index in [4.69, 9.17) is 4.74 Å². The molecule has 2 rings (SSSR count).